The molecule has 0 aromatic carbocycles. The van der Waals surface area contributed by atoms with Crippen molar-refractivity contribution in [3.8, 4) is 0 Å². The second-order valence-corrected chi connectivity index (χ2v) is 9.74. The van der Waals surface area contributed by atoms with E-state index in [1.54, 1.807) is 12.4 Å². The smallest absolute Gasteiger partial charge is 0.310 e. The van der Waals surface area contributed by atoms with Crippen LogP contribution in [0, 0.1) is 23.2 Å². The number of piperazine rings is 1. The first kappa shape index (κ1) is 19.0. The molecule has 2 saturated carbocycles. The average molecular weight is 397 g/mol. The maximum Gasteiger partial charge on any atom is 0.310 e. The van der Waals surface area contributed by atoms with Crippen LogP contribution in [-0.4, -0.2) is 59.7 Å². The summed E-state index contributed by atoms with van der Waals surface area (Å²) in [4.78, 5) is 26.2. The van der Waals surface area contributed by atoms with Crippen molar-refractivity contribution in [2.45, 2.75) is 45.1 Å². The third kappa shape index (κ3) is 3.45. The first-order valence-corrected chi connectivity index (χ1v) is 11.2. The summed E-state index contributed by atoms with van der Waals surface area (Å²) in [6.07, 6.45) is 9.41. The van der Waals surface area contributed by atoms with E-state index in [0.717, 1.165) is 57.9 Å². The highest BCUT2D eigenvalue weighted by Gasteiger charge is 2.55. The number of rotatable bonds is 3. The SMILES string of the molecule is C=C1CCC[C@]2(C)C[C@H]3OC(=O)[C@H](CN4CCN(c5ncccn5)CC4)[C@@H]3C[C@H]12. The van der Waals surface area contributed by atoms with E-state index < -0.39 is 0 Å². The van der Waals surface area contributed by atoms with E-state index in [1.807, 2.05) is 6.07 Å². The summed E-state index contributed by atoms with van der Waals surface area (Å²) in [6, 6.07) is 1.85. The van der Waals surface area contributed by atoms with Gasteiger partial charge in [-0.15, -0.1) is 0 Å². The zero-order valence-electron chi connectivity index (χ0n) is 17.4. The first-order valence-electron chi connectivity index (χ1n) is 11.2. The molecule has 0 N–H and O–H groups in total. The van der Waals surface area contributed by atoms with Gasteiger partial charge in [0.1, 0.15) is 6.10 Å². The van der Waals surface area contributed by atoms with Crippen molar-refractivity contribution in [3.63, 3.8) is 0 Å². The van der Waals surface area contributed by atoms with Crippen LogP contribution < -0.4 is 4.90 Å². The second kappa shape index (κ2) is 7.38. The van der Waals surface area contributed by atoms with Crippen LogP contribution in [0.1, 0.15) is 39.0 Å². The molecule has 3 heterocycles. The highest BCUT2D eigenvalue weighted by molar-refractivity contribution is 5.75. The summed E-state index contributed by atoms with van der Waals surface area (Å²) >= 11 is 0. The Morgan fingerprint density at radius 1 is 1.24 bits per heavy atom. The highest BCUT2D eigenvalue weighted by Crippen LogP contribution is 2.56. The molecule has 29 heavy (non-hydrogen) atoms. The molecule has 0 unspecified atom stereocenters. The number of carbonyl (C=O) groups excluding carboxylic acids is 1. The average Bonchev–Trinajstić information content (AvgIpc) is 3.01. The standard InChI is InChI=1S/C23H32N4O2/c1-16-5-3-6-23(2)14-20-17(13-19(16)23)18(21(28)29-20)15-26-9-11-27(12-10-26)22-24-7-4-8-25-22/h4,7-8,17-20H,1,3,5-6,9-15H2,2H3/t17-,18+,19+,20+,23+/m0/s1. The van der Waals surface area contributed by atoms with Crippen molar-refractivity contribution in [1.82, 2.24) is 14.9 Å². The number of allylic oxidation sites excluding steroid dienone is 1. The molecule has 1 aromatic heterocycles. The van der Waals surface area contributed by atoms with Crippen LogP contribution in [0.5, 0.6) is 0 Å². The topological polar surface area (TPSA) is 58.6 Å². The van der Waals surface area contributed by atoms with E-state index in [0.29, 0.717) is 11.8 Å². The van der Waals surface area contributed by atoms with Crippen LogP contribution in [0.4, 0.5) is 5.95 Å². The third-order valence-corrected chi connectivity index (χ3v) is 7.98. The van der Waals surface area contributed by atoms with Gasteiger partial charge in [-0.2, -0.15) is 0 Å². The lowest BCUT2D eigenvalue weighted by Gasteiger charge is -2.50. The van der Waals surface area contributed by atoms with E-state index in [-0.39, 0.29) is 23.4 Å². The van der Waals surface area contributed by atoms with Gasteiger partial charge in [-0.3, -0.25) is 9.69 Å². The van der Waals surface area contributed by atoms with E-state index in [9.17, 15) is 4.79 Å². The number of esters is 1. The minimum atomic E-state index is 0.0128. The Hall–Kier alpha value is -1.95. The van der Waals surface area contributed by atoms with Crippen LogP contribution in [0.15, 0.2) is 30.6 Å². The molecule has 2 saturated heterocycles. The molecular formula is C23H32N4O2. The molecule has 0 spiro atoms. The van der Waals surface area contributed by atoms with Crippen molar-refractivity contribution in [2.24, 2.45) is 23.2 Å². The molecule has 0 radical (unpaired) electrons. The van der Waals surface area contributed by atoms with Gasteiger partial charge in [0.05, 0.1) is 5.92 Å². The normalized spacial score (nSPS) is 37.8. The summed E-state index contributed by atoms with van der Waals surface area (Å²) in [5.74, 6) is 1.75. The molecule has 4 fully saturated rings. The molecule has 0 bridgehead atoms. The van der Waals surface area contributed by atoms with E-state index in [1.165, 1.54) is 18.4 Å². The Kier molecular flexibility index (Phi) is 4.85. The van der Waals surface area contributed by atoms with Crippen LogP contribution in [0.2, 0.25) is 0 Å². The fourth-order valence-corrected chi connectivity index (χ4v) is 6.33. The minimum Gasteiger partial charge on any atom is -0.462 e. The van der Waals surface area contributed by atoms with E-state index in [4.69, 9.17) is 4.74 Å². The van der Waals surface area contributed by atoms with Gasteiger partial charge in [0.2, 0.25) is 5.95 Å². The molecule has 4 aliphatic rings. The third-order valence-electron chi connectivity index (χ3n) is 7.98. The number of carbonyl (C=O) groups is 1. The number of nitrogens with zero attached hydrogens (tertiary/aromatic N) is 4. The Morgan fingerprint density at radius 3 is 2.76 bits per heavy atom. The number of anilines is 1. The maximum absolute atomic E-state index is 12.8. The predicted molar refractivity (Wildman–Crippen MR) is 111 cm³/mol. The van der Waals surface area contributed by atoms with Gasteiger partial charge < -0.3 is 9.64 Å². The van der Waals surface area contributed by atoms with Crippen LogP contribution >= 0.6 is 0 Å². The lowest BCUT2D eigenvalue weighted by Crippen LogP contribution is -2.50. The van der Waals surface area contributed by atoms with Gasteiger partial charge in [0.15, 0.2) is 0 Å². The zero-order chi connectivity index (χ0) is 20.0. The van der Waals surface area contributed by atoms with E-state index >= 15 is 0 Å². The summed E-state index contributed by atoms with van der Waals surface area (Å²) in [7, 11) is 0. The molecule has 5 atom stereocenters. The second-order valence-electron chi connectivity index (χ2n) is 9.74. The summed E-state index contributed by atoms with van der Waals surface area (Å²) < 4.78 is 5.93. The Bertz CT molecular complexity index is 776. The van der Waals surface area contributed by atoms with Gasteiger partial charge >= 0.3 is 5.97 Å². The molecule has 2 aliphatic carbocycles. The fourth-order valence-electron chi connectivity index (χ4n) is 6.33. The number of fused-ring (bicyclic) bond motifs is 2. The van der Waals surface area contributed by atoms with Crippen LogP contribution in [0.25, 0.3) is 0 Å². The zero-order valence-corrected chi connectivity index (χ0v) is 17.4. The van der Waals surface area contributed by atoms with Gasteiger partial charge in [0, 0.05) is 51.0 Å². The Labute approximate surface area is 173 Å². The van der Waals surface area contributed by atoms with Gasteiger partial charge in [-0.1, -0.05) is 19.1 Å². The van der Waals surface area contributed by atoms with Crippen molar-refractivity contribution in [2.75, 3.05) is 37.6 Å². The van der Waals surface area contributed by atoms with Crippen molar-refractivity contribution < 1.29 is 9.53 Å². The van der Waals surface area contributed by atoms with Crippen LogP contribution in [0.3, 0.4) is 0 Å². The van der Waals surface area contributed by atoms with Crippen molar-refractivity contribution >= 4 is 11.9 Å². The lowest BCUT2D eigenvalue weighted by molar-refractivity contribution is -0.146. The highest BCUT2D eigenvalue weighted by atomic mass is 16.6. The molecule has 1 aromatic rings. The fraction of sp³-hybridized carbons (Fsp3) is 0.696. The van der Waals surface area contributed by atoms with Crippen molar-refractivity contribution in [3.05, 3.63) is 30.6 Å². The molecular weight excluding hydrogens is 364 g/mol. The molecule has 6 nitrogen and oxygen atoms in total. The lowest BCUT2D eigenvalue weighted by atomic mass is 9.55. The largest absolute Gasteiger partial charge is 0.462 e. The molecule has 0 amide bonds. The number of ether oxygens (including phenoxy) is 1. The minimum absolute atomic E-state index is 0.0128. The molecule has 5 rings (SSSR count). The predicted octanol–water partition coefficient (Wildman–Crippen LogP) is 2.91. The van der Waals surface area contributed by atoms with Crippen LogP contribution in [-0.2, 0) is 9.53 Å². The van der Waals surface area contributed by atoms with Gasteiger partial charge in [-0.25, -0.2) is 9.97 Å². The monoisotopic (exact) mass is 396 g/mol. The van der Waals surface area contributed by atoms with Gasteiger partial charge in [0.25, 0.3) is 0 Å². The van der Waals surface area contributed by atoms with E-state index in [2.05, 4.69) is 33.3 Å². The number of hydrogen-bond acceptors (Lipinski definition) is 6. The molecule has 156 valence electrons. The summed E-state index contributed by atoms with van der Waals surface area (Å²) in [5, 5.41) is 0. The molecule has 2 aliphatic heterocycles. The molecule has 6 heteroatoms. The first-order chi connectivity index (χ1) is 14.0. The van der Waals surface area contributed by atoms with Gasteiger partial charge in [-0.05, 0) is 49.5 Å². The number of aromatic nitrogens is 2. The quantitative estimate of drug-likeness (QED) is 0.578. The Balaban J connectivity index is 1.23. The van der Waals surface area contributed by atoms with Crippen molar-refractivity contribution in [1.29, 1.82) is 0 Å². The summed E-state index contributed by atoms with van der Waals surface area (Å²) in [5.41, 5.74) is 1.68. The maximum atomic E-state index is 12.8. The summed E-state index contributed by atoms with van der Waals surface area (Å²) in [6.45, 7) is 11.3. The Morgan fingerprint density at radius 2 is 2.00 bits per heavy atom. The number of hydrogen-bond donors (Lipinski definition) is 0.